The van der Waals surface area contributed by atoms with Crippen LogP contribution in [0.3, 0.4) is 0 Å². The van der Waals surface area contributed by atoms with Crippen LogP contribution in [0.1, 0.15) is 22.8 Å². The number of methoxy groups -OCH3 is 4. The third kappa shape index (κ3) is 4.91. The molecule has 144 valence electrons. The van der Waals surface area contributed by atoms with Gasteiger partial charge in [-0.2, -0.15) is 5.10 Å². The minimum atomic E-state index is -0.381. The van der Waals surface area contributed by atoms with E-state index in [1.165, 1.54) is 21.3 Å². The van der Waals surface area contributed by atoms with Crippen molar-refractivity contribution in [2.45, 2.75) is 13.3 Å². The van der Waals surface area contributed by atoms with Crippen LogP contribution in [-0.4, -0.2) is 40.1 Å². The Labute approximate surface area is 158 Å². The van der Waals surface area contributed by atoms with E-state index >= 15 is 0 Å². The van der Waals surface area contributed by atoms with Crippen molar-refractivity contribution in [3.05, 3.63) is 47.5 Å². The summed E-state index contributed by atoms with van der Waals surface area (Å²) in [6.45, 7) is 1.84. The van der Waals surface area contributed by atoms with Crippen LogP contribution in [0.2, 0.25) is 0 Å². The number of hydrogen-bond acceptors (Lipinski definition) is 6. The van der Waals surface area contributed by atoms with Crippen LogP contribution < -0.4 is 24.4 Å². The molecule has 2 rings (SSSR count). The summed E-state index contributed by atoms with van der Waals surface area (Å²) in [5.41, 5.74) is 4.62. The maximum Gasteiger partial charge on any atom is 0.271 e. The first-order valence-electron chi connectivity index (χ1n) is 8.29. The van der Waals surface area contributed by atoms with Gasteiger partial charge < -0.3 is 18.9 Å². The molecule has 7 nitrogen and oxygen atoms in total. The lowest BCUT2D eigenvalue weighted by atomic mass is 10.1. The standard InChI is InChI=1S/C20H24N2O5/c1-13(10-14-8-6-7-9-16(14)24-2)21-22-20(23)15-11-17(25-3)19(27-5)18(12-15)26-4/h6-9,11-12H,10H2,1-5H3,(H,22,23)/b21-13-. The molecule has 1 N–H and O–H groups in total. The Hall–Kier alpha value is -3.22. The van der Waals surface area contributed by atoms with Crippen LogP contribution in [0.4, 0.5) is 0 Å². The smallest absolute Gasteiger partial charge is 0.271 e. The number of rotatable bonds is 8. The molecule has 27 heavy (non-hydrogen) atoms. The van der Waals surface area contributed by atoms with Gasteiger partial charge in [0.05, 0.1) is 28.4 Å². The maximum atomic E-state index is 12.5. The maximum absolute atomic E-state index is 12.5. The molecule has 2 aromatic rings. The third-order valence-corrected chi connectivity index (χ3v) is 3.91. The number of carbonyl (C=O) groups excluding carboxylic acids is 1. The molecule has 0 fully saturated rings. The highest BCUT2D eigenvalue weighted by atomic mass is 16.5. The average Bonchev–Trinajstić information content (AvgIpc) is 2.71. The fourth-order valence-electron chi connectivity index (χ4n) is 2.59. The fourth-order valence-corrected chi connectivity index (χ4v) is 2.59. The van der Waals surface area contributed by atoms with Gasteiger partial charge >= 0.3 is 0 Å². The van der Waals surface area contributed by atoms with Crippen molar-refractivity contribution in [3.8, 4) is 23.0 Å². The molecule has 0 heterocycles. The molecular formula is C20H24N2O5. The lowest BCUT2D eigenvalue weighted by Gasteiger charge is -2.13. The lowest BCUT2D eigenvalue weighted by molar-refractivity contribution is 0.0954. The van der Waals surface area contributed by atoms with Crippen molar-refractivity contribution < 1.29 is 23.7 Å². The van der Waals surface area contributed by atoms with Crippen molar-refractivity contribution in [2.24, 2.45) is 5.10 Å². The Morgan fingerprint density at radius 3 is 2.07 bits per heavy atom. The van der Waals surface area contributed by atoms with E-state index in [4.69, 9.17) is 18.9 Å². The van der Waals surface area contributed by atoms with Crippen LogP contribution in [0.25, 0.3) is 0 Å². The number of nitrogens with zero attached hydrogens (tertiary/aromatic N) is 1. The van der Waals surface area contributed by atoms with E-state index < -0.39 is 0 Å². The highest BCUT2D eigenvalue weighted by molar-refractivity contribution is 5.96. The van der Waals surface area contributed by atoms with Gasteiger partial charge in [0, 0.05) is 17.7 Å². The molecule has 0 radical (unpaired) electrons. The van der Waals surface area contributed by atoms with E-state index in [0.29, 0.717) is 29.2 Å². The highest BCUT2D eigenvalue weighted by Gasteiger charge is 2.17. The van der Waals surface area contributed by atoms with Crippen LogP contribution in [0, 0.1) is 0 Å². The number of ether oxygens (including phenoxy) is 4. The van der Waals surface area contributed by atoms with Gasteiger partial charge in [-0.1, -0.05) is 18.2 Å². The molecule has 0 spiro atoms. The van der Waals surface area contributed by atoms with Gasteiger partial charge in [0.25, 0.3) is 5.91 Å². The van der Waals surface area contributed by atoms with E-state index in [9.17, 15) is 4.79 Å². The van der Waals surface area contributed by atoms with Crippen LogP contribution in [0.5, 0.6) is 23.0 Å². The highest BCUT2D eigenvalue weighted by Crippen LogP contribution is 2.38. The first-order chi connectivity index (χ1) is 13.0. The van der Waals surface area contributed by atoms with Crippen molar-refractivity contribution in [3.63, 3.8) is 0 Å². The first-order valence-corrected chi connectivity index (χ1v) is 8.29. The molecule has 0 aliphatic carbocycles. The summed E-state index contributed by atoms with van der Waals surface area (Å²) in [6.07, 6.45) is 0.555. The lowest BCUT2D eigenvalue weighted by Crippen LogP contribution is -2.20. The minimum absolute atomic E-state index is 0.346. The van der Waals surface area contributed by atoms with Gasteiger partial charge in [0.15, 0.2) is 11.5 Å². The quantitative estimate of drug-likeness (QED) is 0.569. The molecule has 0 unspecified atom stereocenters. The molecule has 0 saturated heterocycles. The van der Waals surface area contributed by atoms with Crippen molar-refractivity contribution >= 4 is 11.6 Å². The number of carbonyl (C=O) groups is 1. The predicted octanol–water partition coefficient (Wildman–Crippen LogP) is 3.07. The number of nitrogens with one attached hydrogen (secondary N) is 1. The Morgan fingerprint density at radius 2 is 1.52 bits per heavy atom. The summed E-state index contributed by atoms with van der Waals surface area (Å²) in [5.74, 6) is 1.62. The van der Waals surface area contributed by atoms with Gasteiger partial charge in [-0.05, 0) is 30.7 Å². The first kappa shape index (κ1) is 20.1. The van der Waals surface area contributed by atoms with E-state index in [-0.39, 0.29) is 5.91 Å². The molecule has 0 bridgehead atoms. The Balaban J connectivity index is 2.15. The Morgan fingerprint density at radius 1 is 0.926 bits per heavy atom. The largest absolute Gasteiger partial charge is 0.496 e. The monoisotopic (exact) mass is 372 g/mol. The number of para-hydroxylation sites is 1. The molecule has 0 aliphatic heterocycles. The van der Waals surface area contributed by atoms with Gasteiger partial charge in [0.1, 0.15) is 5.75 Å². The molecular weight excluding hydrogens is 348 g/mol. The van der Waals surface area contributed by atoms with Crippen LogP contribution in [-0.2, 0) is 6.42 Å². The molecule has 0 saturated carbocycles. The predicted molar refractivity (Wildman–Crippen MR) is 103 cm³/mol. The summed E-state index contributed by atoms with van der Waals surface area (Å²) in [6, 6.07) is 10.8. The normalized spacial score (nSPS) is 10.9. The number of benzene rings is 2. The second-order valence-corrected chi connectivity index (χ2v) is 5.69. The van der Waals surface area contributed by atoms with Gasteiger partial charge in [-0.25, -0.2) is 5.43 Å². The molecule has 0 atom stereocenters. The zero-order chi connectivity index (χ0) is 19.8. The fraction of sp³-hybridized carbons (Fsp3) is 0.300. The molecule has 7 heteroatoms. The molecule has 0 aliphatic rings. The Kier molecular flexibility index (Phi) is 7.05. The summed E-state index contributed by atoms with van der Waals surface area (Å²) in [4.78, 5) is 12.5. The number of hydrazone groups is 1. The third-order valence-electron chi connectivity index (χ3n) is 3.91. The minimum Gasteiger partial charge on any atom is -0.496 e. The van der Waals surface area contributed by atoms with Gasteiger partial charge in [-0.3, -0.25) is 4.79 Å². The number of amides is 1. The van der Waals surface area contributed by atoms with Crippen molar-refractivity contribution in [2.75, 3.05) is 28.4 Å². The van der Waals surface area contributed by atoms with Gasteiger partial charge in [0.2, 0.25) is 5.75 Å². The summed E-state index contributed by atoms with van der Waals surface area (Å²) < 4.78 is 21.1. The molecule has 0 aromatic heterocycles. The van der Waals surface area contributed by atoms with Crippen LogP contribution in [0.15, 0.2) is 41.5 Å². The molecule has 1 amide bonds. The van der Waals surface area contributed by atoms with Crippen molar-refractivity contribution in [1.82, 2.24) is 5.43 Å². The SMILES string of the molecule is COc1ccccc1C/C(C)=N\NC(=O)c1cc(OC)c(OC)c(OC)c1. The second kappa shape index (κ2) is 9.47. The second-order valence-electron chi connectivity index (χ2n) is 5.69. The van der Waals surface area contributed by atoms with E-state index in [2.05, 4.69) is 10.5 Å². The van der Waals surface area contributed by atoms with Crippen LogP contribution >= 0.6 is 0 Å². The summed E-state index contributed by atoms with van der Waals surface area (Å²) in [7, 11) is 6.12. The molecule has 2 aromatic carbocycles. The van der Waals surface area contributed by atoms with E-state index in [1.54, 1.807) is 19.2 Å². The number of hydrogen-bond donors (Lipinski definition) is 1. The zero-order valence-corrected chi connectivity index (χ0v) is 16.2. The van der Waals surface area contributed by atoms with Gasteiger partial charge in [-0.15, -0.1) is 0 Å². The topological polar surface area (TPSA) is 78.4 Å². The van der Waals surface area contributed by atoms with E-state index in [0.717, 1.165) is 17.0 Å². The average molecular weight is 372 g/mol. The van der Waals surface area contributed by atoms with E-state index in [1.807, 2.05) is 31.2 Å². The summed E-state index contributed by atoms with van der Waals surface area (Å²) >= 11 is 0. The zero-order valence-electron chi connectivity index (χ0n) is 16.2. The summed E-state index contributed by atoms with van der Waals surface area (Å²) in [5, 5.41) is 4.17. The Bertz CT molecular complexity index is 808. The van der Waals surface area contributed by atoms with Crippen molar-refractivity contribution in [1.29, 1.82) is 0 Å².